The molecule has 0 spiro atoms. The van der Waals surface area contributed by atoms with Crippen LogP contribution in [-0.4, -0.2) is 0 Å². The van der Waals surface area contributed by atoms with Gasteiger partial charge in [-0.05, 0) is 114 Å². The molecule has 0 amide bonds. The molecule has 65 heavy (non-hydrogen) atoms. The Balaban J connectivity index is 1.09. The monoisotopic (exact) mass is 827 g/mol. The maximum absolute atomic E-state index is 6.49. The van der Waals surface area contributed by atoms with E-state index >= 15 is 0 Å². The summed E-state index contributed by atoms with van der Waals surface area (Å²) in [6, 6.07) is 91.0. The average molecular weight is 828 g/mol. The van der Waals surface area contributed by atoms with E-state index < -0.39 is 5.41 Å². The molecule has 11 aromatic carbocycles. The van der Waals surface area contributed by atoms with Gasteiger partial charge in [-0.1, -0.05) is 206 Å². The second-order valence-electron chi connectivity index (χ2n) is 17.1. The first-order valence-corrected chi connectivity index (χ1v) is 22.4. The normalized spacial score (nSPS) is 12.7. The van der Waals surface area contributed by atoms with Crippen molar-refractivity contribution in [3.05, 3.63) is 271 Å². The number of furan rings is 1. The SMILES string of the molecule is c1ccc(C2(c3ccccc3)c3ccccc3-c3ccc(N(c4cccc(-c5cccc6c5ccc5ccccc56)c4)c4ccccc4-c4cccc5oc6ccccc6c45)cc32)cc1. The highest BCUT2D eigenvalue weighted by Gasteiger charge is 2.46. The lowest BCUT2D eigenvalue weighted by atomic mass is 9.67. The van der Waals surface area contributed by atoms with Crippen LogP contribution >= 0.6 is 0 Å². The molecule has 0 saturated heterocycles. The summed E-state index contributed by atoms with van der Waals surface area (Å²) in [7, 11) is 0. The first kappa shape index (κ1) is 37.1. The second kappa shape index (κ2) is 14.8. The number of fused-ring (bicyclic) bond motifs is 9. The number of hydrogen-bond donors (Lipinski definition) is 0. The van der Waals surface area contributed by atoms with E-state index in [4.69, 9.17) is 4.42 Å². The standard InChI is InChI=1S/C63H41NO/c1-3-20-44(21-4-1)63(45-22-5-2-6-23-45)57-32-12-9-26-52(57)53-39-37-47(41-58(53)63)64(59-33-13-10-27-54(59)55-31-17-35-61-62(55)56-28-11-14-34-60(56)65-61)46-24-15-19-43(40-46)49-29-16-30-50-48-25-8-7-18-42(48)36-38-51(49)50/h1-41H. The van der Waals surface area contributed by atoms with Gasteiger partial charge in [0.05, 0.1) is 11.1 Å². The molecule has 304 valence electrons. The smallest absolute Gasteiger partial charge is 0.136 e. The Bertz CT molecular complexity index is 3750. The lowest BCUT2D eigenvalue weighted by Gasteiger charge is -2.35. The van der Waals surface area contributed by atoms with Crippen molar-refractivity contribution in [2.45, 2.75) is 5.41 Å². The molecule has 0 atom stereocenters. The van der Waals surface area contributed by atoms with Crippen LogP contribution in [0.2, 0.25) is 0 Å². The maximum Gasteiger partial charge on any atom is 0.136 e. The number of para-hydroxylation sites is 2. The molecule has 1 heterocycles. The minimum Gasteiger partial charge on any atom is -0.456 e. The Morgan fingerprint density at radius 2 is 0.923 bits per heavy atom. The first-order chi connectivity index (χ1) is 32.3. The Labute approximate surface area is 377 Å². The van der Waals surface area contributed by atoms with Crippen LogP contribution in [0.25, 0.3) is 76.9 Å². The molecule has 1 aliphatic carbocycles. The zero-order valence-electron chi connectivity index (χ0n) is 35.5. The molecule has 0 aliphatic heterocycles. The molecular formula is C63H41NO. The maximum atomic E-state index is 6.49. The van der Waals surface area contributed by atoms with Crippen molar-refractivity contribution in [1.29, 1.82) is 0 Å². The van der Waals surface area contributed by atoms with Crippen LogP contribution in [0.3, 0.4) is 0 Å². The van der Waals surface area contributed by atoms with Gasteiger partial charge < -0.3 is 9.32 Å². The van der Waals surface area contributed by atoms with E-state index in [2.05, 4.69) is 248 Å². The molecule has 13 rings (SSSR count). The summed E-state index contributed by atoms with van der Waals surface area (Å²) in [5.74, 6) is 0. The van der Waals surface area contributed by atoms with Crippen LogP contribution in [0.1, 0.15) is 22.3 Å². The van der Waals surface area contributed by atoms with Crippen molar-refractivity contribution in [3.8, 4) is 33.4 Å². The quantitative estimate of drug-likeness (QED) is 0.149. The molecule has 2 heteroatoms. The molecule has 0 radical (unpaired) electrons. The van der Waals surface area contributed by atoms with Crippen molar-refractivity contribution in [3.63, 3.8) is 0 Å². The van der Waals surface area contributed by atoms with Crippen molar-refractivity contribution in [2.24, 2.45) is 0 Å². The van der Waals surface area contributed by atoms with E-state index in [0.29, 0.717) is 0 Å². The highest BCUT2D eigenvalue weighted by Crippen LogP contribution is 2.57. The summed E-state index contributed by atoms with van der Waals surface area (Å²) < 4.78 is 6.49. The number of anilines is 3. The topological polar surface area (TPSA) is 16.4 Å². The first-order valence-electron chi connectivity index (χ1n) is 22.4. The highest BCUT2D eigenvalue weighted by atomic mass is 16.3. The summed E-state index contributed by atoms with van der Waals surface area (Å²) in [5, 5.41) is 7.22. The zero-order valence-corrected chi connectivity index (χ0v) is 35.5. The van der Waals surface area contributed by atoms with Crippen LogP contribution in [0, 0.1) is 0 Å². The van der Waals surface area contributed by atoms with Crippen molar-refractivity contribution >= 4 is 60.5 Å². The van der Waals surface area contributed by atoms with Crippen LogP contribution in [0.15, 0.2) is 253 Å². The fraction of sp³-hybridized carbons (Fsp3) is 0.0159. The molecule has 0 unspecified atom stereocenters. The van der Waals surface area contributed by atoms with E-state index in [9.17, 15) is 0 Å². The zero-order chi connectivity index (χ0) is 42.9. The fourth-order valence-electron chi connectivity index (χ4n) is 11.0. The predicted octanol–water partition coefficient (Wildman–Crippen LogP) is 17.1. The van der Waals surface area contributed by atoms with E-state index in [-0.39, 0.29) is 0 Å². The number of nitrogens with zero attached hydrogens (tertiary/aromatic N) is 1. The van der Waals surface area contributed by atoms with E-state index in [1.54, 1.807) is 0 Å². The van der Waals surface area contributed by atoms with Gasteiger partial charge in [0.2, 0.25) is 0 Å². The average Bonchev–Trinajstić information content (AvgIpc) is 3.91. The van der Waals surface area contributed by atoms with E-state index in [1.165, 1.54) is 60.5 Å². The summed E-state index contributed by atoms with van der Waals surface area (Å²) in [4.78, 5) is 2.48. The molecule has 1 aromatic heterocycles. The van der Waals surface area contributed by atoms with Gasteiger partial charge in [-0.3, -0.25) is 0 Å². The van der Waals surface area contributed by atoms with Gasteiger partial charge in [-0.15, -0.1) is 0 Å². The summed E-state index contributed by atoms with van der Waals surface area (Å²) in [5.41, 5.74) is 16.6. The number of benzene rings is 11. The molecule has 12 aromatic rings. The summed E-state index contributed by atoms with van der Waals surface area (Å²) in [6.45, 7) is 0. The Morgan fingerprint density at radius 3 is 1.77 bits per heavy atom. The van der Waals surface area contributed by atoms with Gasteiger partial charge in [0.25, 0.3) is 0 Å². The molecule has 2 nitrogen and oxygen atoms in total. The molecule has 0 N–H and O–H groups in total. The van der Waals surface area contributed by atoms with Crippen LogP contribution in [-0.2, 0) is 5.41 Å². The van der Waals surface area contributed by atoms with Crippen molar-refractivity contribution < 1.29 is 4.42 Å². The van der Waals surface area contributed by atoms with Gasteiger partial charge >= 0.3 is 0 Å². The third-order valence-electron chi connectivity index (χ3n) is 13.7. The largest absolute Gasteiger partial charge is 0.456 e. The second-order valence-corrected chi connectivity index (χ2v) is 17.1. The van der Waals surface area contributed by atoms with E-state index in [1.807, 2.05) is 6.07 Å². The molecule has 1 aliphatic rings. The highest BCUT2D eigenvalue weighted by molar-refractivity contribution is 6.14. The van der Waals surface area contributed by atoms with Gasteiger partial charge in [0.15, 0.2) is 0 Å². The van der Waals surface area contributed by atoms with Crippen LogP contribution in [0.5, 0.6) is 0 Å². The fourth-order valence-corrected chi connectivity index (χ4v) is 11.0. The van der Waals surface area contributed by atoms with Crippen LogP contribution in [0.4, 0.5) is 17.1 Å². The molecule has 0 fully saturated rings. The Morgan fingerprint density at radius 1 is 0.323 bits per heavy atom. The minimum atomic E-state index is -0.551. The number of hydrogen-bond acceptors (Lipinski definition) is 2. The molecular weight excluding hydrogens is 787 g/mol. The number of rotatable bonds is 7. The predicted molar refractivity (Wildman–Crippen MR) is 272 cm³/mol. The lowest BCUT2D eigenvalue weighted by molar-refractivity contribution is 0.669. The minimum absolute atomic E-state index is 0.551. The van der Waals surface area contributed by atoms with Crippen LogP contribution < -0.4 is 4.90 Å². The van der Waals surface area contributed by atoms with E-state index in [0.717, 1.165) is 55.7 Å². The third kappa shape index (κ3) is 5.67. The molecule has 0 bridgehead atoms. The van der Waals surface area contributed by atoms with Crippen molar-refractivity contribution in [2.75, 3.05) is 4.90 Å². The summed E-state index contributed by atoms with van der Waals surface area (Å²) in [6.07, 6.45) is 0. The molecule has 0 saturated carbocycles. The van der Waals surface area contributed by atoms with Gasteiger partial charge in [-0.2, -0.15) is 0 Å². The van der Waals surface area contributed by atoms with Gasteiger partial charge in [0, 0.05) is 27.7 Å². The van der Waals surface area contributed by atoms with Gasteiger partial charge in [-0.25, -0.2) is 0 Å². The summed E-state index contributed by atoms with van der Waals surface area (Å²) >= 11 is 0. The van der Waals surface area contributed by atoms with Crippen molar-refractivity contribution in [1.82, 2.24) is 0 Å². The Kier molecular flexibility index (Phi) is 8.47. The van der Waals surface area contributed by atoms with Gasteiger partial charge in [0.1, 0.15) is 11.2 Å². The third-order valence-corrected chi connectivity index (χ3v) is 13.7. The lowest BCUT2D eigenvalue weighted by Crippen LogP contribution is -2.28. The Hall–Kier alpha value is -8.46.